The Morgan fingerprint density at radius 2 is 1.79 bits per heavy atom. The van der Waals surface area contributed by atoms with Crippen molar-refractivity contribution < 1.29 is 14.4 Å². The number of likely N-dealkylation sites (tertiary alicyclic amines) is 1. The number of ketones is 1. The number of nitrogens with one attached hydrogen (secondary N) is 1. The normalized spacial score (nSPS) is 19.8. The predicted octanol–water partition coefficient (Wildman–Crippen LogP) is 0.540. The van der Waals surface area contributed by atoms with Gasteiger partial charge in [-0.25, -0.2) is 0 Å². The van der Waals surface area contributed by atoms with Crippen molar-refractivity contribution in [2.45, 2.75) is 12.8 Å². The van der Waals surface area contributed by atoms with Gasteiger partial charge in [0.2, 0.25) is 11.8 Å². The third kappa shape index (κ3) is 4.00. The molecule has 2 fully saturated rings. The first-order valence-electron chi connectivity index (χ1n) is 8.49. The molecule has 0 unspecified atom stereocenters. The second-order valence-corrected chi connectivity index (χ2v) is 6.45. The number of nitrogens with zero attached hydrogens (tertiary/aromatic N) is 2. The largest absolute Gasteiger partial charge is 0.353 e. The summed E-state index contributed by atoms with van der Waals surface area (Å²) in [5, 5.41) is 2.72. The summed E-state index contributed by atoms with van der Waals surface area (Å²) >= 11 is 0. The molecule has 0 saturated carbocycles. The van der Waals surface area contributed by atoms with E-state index in [4.69, 9.17) is 0 Å². The van der Waals surface area contributed by atoms with E-state index in [2.05, 4.69) is 10.2 Å². The minimum Gasteiger partial charge on any atom is -0.353 e. The van der Waals surface area contributed by atoms with E-state index in [9.17, 15) is 14.4 Å². The zero-order valence-electron chi connectivity index (χ0n) is 13.7. The Labute approximate surface area is 141 Å². The molecule has 2 heterocycles. The number of hydrogen-bond donors (Lipinski definition) is 1. The molecule has 1 aromatic carbocycles. The van der Waals surface area contributed by atoms with Gasteiger partial charge in [0.25, 0.3) is 0 Å². The summed E-state index contributed by atoms with van der Waals surface area (Å²) in [5.74, 6) is 0.147. The Morgan fingerprint density at radius 3 is 2.46 bits per heavy atom. The highest BCUT2D eigenvalue weighted by Crippen LogP contribution is 2.21. The molecule has 6 heteroatoms. The number of carbonyl (C=O) groups excluding carboxylic acids is 3. The molecule has 1 N–H and O–H groups in total. The van der Waals surface area contributed by atoms with Gasteiger partial charge >= 0.3 is 0 Å². The molecule has 6 nitrogen and oxygen atoms in total. The maximum atomic E-state index is 12.5. The number of hydrogen-bond acceptors (Lipinski definition) is 4. The quantitative estimate of drug-likeness (QED) is 0.819. The van der Waals surface area contributed by atoms with Crippen molar-refractivity contribution in [3.05, 3.63) is 35.9 Å². The molecule has 0 spiro atoms. The van der Waals surface area contributed by atoms with Crippen LogP contribution in [0.25, 0.3) is 0 Å². The van der Waals surface area contributed by atoms with Crippen LogP contribution in [0.2, 0.25) is 0 Å². The van der Waals surface area contributed by atoms with Crippen molar-refractivity contribution in [2.75, 3.05) is 39.3 Å². The first-order chi connectivity index (χ1) is 11.6. The average Bonchev–Trinajstić information content (AvgIpc) is 2.62. The van der Waals surface area contributed by atoms with Crippen LogP contribution in [0.1, 0.15) is 23.2 Å². The van der Waals surface area contributed by atoms with Gasteiger partial charge < -0.3 is 10.2 Å². The van der Waals surface area contributed by atoms with E-state index in [1.54, 1.807) is 4.90 Å². The van der Waals surface area contributed by atoms with E-state index in [0.717, 1.165) is 31.5 Å². The summed E-state index contributed by atoms with van der Waals surface area (Å²) in [4.78, 5) is 39.8. The fourth-order valence-electron chi connectivity index (χ4n) is 3.33. The minimum absolute atomic E-state index is 0.00214. The Morgan fingerprint density at radius 1 is 1.08 bits per heavy atom. The SMILES string of the molecule is O=C1CN(C(=O)CN2CCC(C(=O)c3ccccc3)CC2)CCN1. The molecule has 2 saturated heterocycles. The molecular formula is C18H23N3O3. The van der Waals surface area contributed by atoms with Gasteiger partial charge in [-0.05, 0) is 25.9 Å². The van der Waals surface area contributed by atoms with E-state index in [0.29, 0.717) is 19.6 Å². The lowest BCUT2D eigenvalue weighted by Gasteiger charge is -2.33. The number of piperidine rings is 1. The number of benzene rings is 1. The Kier molecular flexibility index (Phi) is 5.25. The maximum absolute atomic E-state index is 12.5. The molecule has 2 aliphatic rings. The molecule has 128 valence electrons. The fraction of sp³-hybridized carbons (Fsp3) is 0.500. The van der Waals surface area contributed by atoms with Crippen LogP contribution in [0.4, 0.5) is 0 Å². The van der Waals surface area contributed by atoms with Crippen LogP contribution >= 0.6 is 0 Å². The number of piperazine rings is 1. The van der Waals surface area contributed by atoms with Gasteiger partial charge in [-0.15, -0.1) is 0 Å². The van der Waals surface area contributed by atoms with Crippen molar-refractivity contribution >= 4 is 17.6 Å². The summed E-state index contributed by atoms with van der Waals surface area (Å²) in [6, 6.07) is 9.40. The third-order valence-electron chi connectivity index (χ3n) is 4.77. The molecule has 0 aliphatic carbocycles. The molecular weight excluding hydrogens is 306 g/mol. The number of rotatable bonds is 4. The summed E-state index contributed by atoms with van der Waals surface area (Å²) in [6.45, 7) is 3.08. The molecule has 3 rings (SSSR count). The van der Waals surface area contributed by atoms with E-state index in [1.807, 2.05) is 30.3 Å². The molecule has 0 aromatic heterocycles. The van der Waals surface area contributed by atoms with Gasteiger partial charge in [0, 0.05) is 24.6 Å². The van der Waals surface area contributed by atoms with Crippen LogP contribution < -0.4 is 5.32 Å². The first kappa shape index (κ1) is 16.6. The van der Waals surface area contributed by atoms with Crippen molar-refractivity contribution in [2.24, 2.45) is 5.92 Å². The summed E-state index contributed by atoms with van der Waals surface area (Å²) in [6.07, 6.45) is 1.56. The van der Waals surface area contributed by atoms with Gasteiger partial charge in [0.1, 0.15) is 0 Å². The smallest absolute Gasteiger partial charge is 0.239 e. The van der Waals surface area contributed by atoms with Crippen LogP contribution in [0, 0.1) is 5.92 Å². The molecule has 0 radical (unpaired) electrons. The maximum Gasteiger partial charge on any atom is 0.239 e. The van der Waals surface area contributed by atoms with E-state index in [-0.39, 0.29) is 30.1 Å². The van der Waals surface area contributed by atoms with Crippen LogP contribution in [0.3, 0.4) is 0 Å². The van der Waals surface area contributed by atoms with Gasteiger partial charge in [0.05, 0.1) is 13.1 Å². The third-order valence-corrected chi connectivity index (χ3v) is 4.77. The second kappa shape index (κ2) is 7.57. The van der Waals surface area contributed by atoms with Crippen LogP contribution in [0.15, 0.2) is 30.3 Å². The van der Waals surface area contributed by atoms with E-state index >= 15 is 0 Å². The summed E-state index contributed by atoms with van der Waals surface area (Å²) in [7, 11) is 0. The van der Waals surface area contributed by atoms with Crippen LogP contribution in [-0.4, -0.2) is 66.7 Å². The Bertz CT molecular complexity index is 609. The summed E-state index contributed by atoms with van der Waals surface area (Å²) < 4.78 is 0. The van der Waals surface area contributed by atoms with E-state index < -0.39 is 0 Å². The molecule has 0 atom stereocenters. The van der Waals surface area contributed by atoms with Crippen molar-refractivity contribution in [1.29, 1.82) is 0 Å². The zero-order valence-corrected chi connectivity index (χ0v) is 13.7. The molecule has 2 amide bonds. The Hall–Kier alpha value is -2.21. The lowest BCUT2D eigenvalue weighted by Crippen LogP contribution is -2.53. The highest BCUT2D eigenvalue weighted by Gasteiger charge is 2.28. The number of carbonyl (C=O) groups is 3. The van der Waals surface area contributed by atoms with E-state index in [1.165, 1.54) is 0 Å². The highest BCUT2D eigenvalue weighted by molar-refractivity contribution is 5.97. The monoisotopic (exact) mass is 329 g/mol. The lowest BCUT2D eigenvalue weighted by atomic mass is 9.89. The zero-order chi connectivity index (χ0) is 16.9. The molecule has 1 aromatic rings. The van der Waals surface area contributed by atoms with Crippen LogP contribution in [-0.2, 0) is 9.59 Å². The summed E-state index contributed by atoms with van der Waals surface area (Å²) in [5.41, 5.74) is 0.770. The first-order valence-corrected chi connectivity index (χ1v) is 8.49. The molecule has 24 heavy (non-hydrogen) atoms. The van der Waals surface area contributed by atoms with Crippen molar-refractivity contribution in [3.63, 3.8) is 0 Å². The molecule has 2 aliphatic heterocycles. The number of amides is 2. The predicted molar refractivity (Wildman–Crippen MR) is 89.5 cm³/mol. The number of Topliss-reactive ketones (excluding diaryl/α,β-unsaturated/α-hetero) is 1. The van der Waals surface area contributed by atoms with Crippen molar-refractivity contribution in [3.8, 4) is 0 Å². The van der Waals surface area contributed by atoms with Gasteiger partial charge in [0.15, 0.2) is 5.78 Å². The minimum atomic E-state index is -0.0956. The highest BCUT2D eigenvalue weighted by atomic mass is 16.2. The second-order valence-electron chi connectivity index (χ2n) is 6.45. The topological polar surface area (TPSA) is 69.7 Å². The van der Waals surface area contributed by atoms with Gasteiger partial charge in [-0.3, -0.25) is 19.3 Å². The van der Waals surface area contributed by atoms with Gasteiger partial charge in [-0.2, -0.15) is 0 Å². The Balaban J connectivity index is 1.47. The van der Waals surface area contributed by atoms with Crippen molar-refractivity contribution in [1.82, 2.24) is 15.1 Å². The average molecular weight is 329 g/mol. The van der Waals surface area contributed by atoms with Gasteiger partial charge in [-0.1, -0.05) is 30.3 Å². The standard InChI is InChI=1S/C18H23N3O3/c22-16-12-21(11-8-19-16)17(23)13-20-9-6-15(7-10-20)18(24)14-4-2-1-3-5-14/h1-5,15H,6-13H2,(H,19,22). The fourth-order valence-corrected chi connectivity index (χ4v) is 3.33. The molecule has 0 bridgehead atoms. The van der Waals surface area contributed by atoms with Crippen LogP contribution in [0.5, 0.6) is 0 Å². The lowest BCUT2D eigenvalue weighted by molar-refractivity contribution is -0.139.